The molecule has 0 aliphatic heterocycles. The molecule has 0 amide bonds. The topological polar surface area (TPSA) is 24.9 Å². The van der Waals surface area contributed by atoms with Crippen LogP contribution in [-0.2, 0) is 0 Å². The summed E-state index contributed by atoms with van der Waals surface area (Å²) < 4.78 is 0. The van der Waals surface area contributed by atoms with Gasteiger partial charge in [-0.15, -0.1) is 11.3 Å². The summed E-state index contributed by atoms with van der Waals surface area (Å²) >= 11 is 13.7. The van der Waals surface area contributed by atoms with Crippen molar-refractivity contribution in [2.45, 2.75) is 13.0 Å². The zero-order chi connectivity index (χ0) is 15.5. The Morgan fingerprint density at radius 2 is 1.86 bits per heavy atom. The second kappa shape index (κ2) is 6.69. The van der Waals surface area contributed by atoms with Crippen LogP contribution in [0, 0.1) is 0 Å². The largest absolute Gasteiger partial charge is 0.355 e. The predicted molar refractivity (Wildman–Crippen MR) is 96.0 cm³/mol. The van der Waals surface area contributed by atoms with Gasteiger partial charge in [0.05, 0.1) is 16.8 Å². The quantitative estimate of drug-likeness (QED) is 0.599. The average molecular weight is 349 g/mol. The molecule has 0 spiro atoms. The van der Waals surface area contributed by atoms with E-state index in [4.69, 9.17) is 23.2 Å². The molecule has 0 bridgehead atoms. The molecule has 112 valence electrons. The van der Waals surface area contributed by atoms with Gasteiger partial charge in [-0.25, -0.2) is 4.98 Å². The van der Waals surface area contributed by atoms with Gasteiger partial charge in [0.1, 0.15) is 0 Å². The van der Waals surface area contributed by atoms with Crippen molar-refractivity contribution in [3.63, 3.8) is 0 Å². The molecule has 1 heterocycles. The first-order chi connectivity index (χ1) is 10.6. The van der Waals surface area contributed by atoms with E-state index in [2.05, 4.69) is 29.4 Å². The Hall–Kier alpha value is -1.55. The highest BCUT2D eigenvalue weighted by molar-refractivity contribution is 7.14. The molecule has 0 saturated carbocycles. The number of thiazole rings is 1. The normalized spacial score (nSPS) is 12.1. The first-order valence-electron chi connectivity index (χ1n) is 6.86. The molecule has 3 aromatic rings. The highest BCUT2D eigenvalue weighted by Crippen LogP contribution is 2.33. The molecule has 2 aromatic carbocycles. The Kier molecular flexibility index (Phi) is 4.67. The maximum atomic E-state index is 6.23. The highest BCUT2D eigenvalue weighted by Gasteiger charge is 2.11. The van der Waals surface area contributed by atoms with Crippen LogP contribution >= 0.6 is 34.5 Å². The molecule has 0 aliphatic rings. The van der Waals surface area contributed by atoms with E-state index in [1.807, 2.05) is 35.7 Å². The van der Waals surface area contributed by atoms with Crippen molar-refractivity contribution in [2.24, 2.45) is 0 Å². The summed E-state index contributed by atoms with van der Waals surface area (Å²) in [4.78, 5) is 4.62. The Morgan fingerprint density at radius 1 is 1.09 bits per heavy atom. The van der Waals surface area contributed by atoms with Gasteiger partial charge in [-0.1, -0.05) is 53.5 Å². The van der Waals surface area contributed by atoms with E-state index in [1.165, 1.54) is 5.56 Å². The van der Waals surface area contributed by atoms with E-state index < -0.39 is 0 Å². The third-order valence-corrected chi connectivity index (χ3v) is 4.67. The minimum absolute atomic E-state index is 0.195. The number of rotatable bonds is 4. The predicted octanol–water partition coefficient (Wildman–Crippen LogP) is 6.29. The van der Waals surface area contributed by atoms with Crippen LogP contribution in [0.15, 0.2) is 53.9 Å². The molecule has 0 fully saturated rings. The fourth-order valence-electron chi connectivity index (χ4n) is 2.17. The molecule has 22 heavy (non-hydrogen) atoms. The molecule has 3 rings (SSSR count). The Bertz CT molecular complexity index is 771. The summed E-state index contributed by atoms with van der Waals surface area (Å²) in [5.41, 5.74) is 2.97. The number of anilines is 1. The summed E-state index contributed by atoms with van der Waals surface area (Å²) in [6.45, 7) is 2.12. The van der Waals surface area contributed by atoms with Gasteiger partial charge < -0.3 is 5.32 Å². The van der Waals surface area contributed by atoms with Crippen molar-refractivity contribution >= 4 is 39.7 Å². The van der Waals surface area contributed by atoms with Crippen LogP contribution in [0.1, 0.15) is 18.5 Å². The molecule has 0 unspecified atom stereocenters. The van der Waals surface area contributed by atoms with E-state index in [-0.39, 0.29) is 6.04 Å². The second-order valence-corrected chi connectivity index (χ2v) is 6.64. The minimum Gasteiger partial charge on any atom is -0.355 e. The van der Waals surface area contributed by atoms with Gasteiger partial charge in [0.15, 0.2) is 5.13 Å². The first-order valence-corrected chi connectivity index (χ1v) is 8.49. The first kappa shape index (κ1) is 15.3. The van der Waals surface area contributed by atoms with Gasteiger partial charge in [0, 0.05) is 16.0 Å². The lowest BCUT2D eigenvalue weighted by molar-refractivity contribution is 0.882. The van der Waals surface area contributed by atoms with Gasteiger partial charge in [0.25, 0.3) is 0 Å². The summed E-state index contributed by atoms with van der Waals surface area (Å²) in [5.74, 6) is 0. The molecule has 1 aromatic heterocycles. The van der Waals surface area contributed by atoms with Gasteiger partial charge in [0.2, 0.25) is 0 Å². The molecular formula is C17H14Cl2N2S. The monoisotopic (exact) mass is 348 g/mol. The van der Waals surface area contributed by atoms with Crippen LogP contribution in [0.2, 0.25) is 10.0 Å². The van der Waals surface area contributed by atoms with Crippen LogP contribution in [-0.4, -0.2) is 4.98 Å². The fraction of sp³-hybridized carbons (Fsp3) is 0.118. The summed E-state index contributed by atoms with van der Waals surface area (Å²) in [7, 11) is 0. The van der Waals surface area contributed by atoms with E-state index in [0.717, 1.165) is 16.4 Å². The number of halogens is 2. The second-order valence-electron chi connectivity index (χ2n) is 4.94. The van der Waals surface area contributed by atoms with Gasteiger partial charge in [-0.2, -0.15) is 0 Å². The maximum Gasteiger partial charge on any atom is 0.183 e. The molecule has 2 nitrogen and oxygen atoms in total. The molecule has 0 radical (unpaired) electrons. The van der Waals surface area contributed by atoms with Crippen molar-refractivity contribution in [1.82, 2.24) is 4.98 Å². The smallest absolute Gasteiger partial charge is 0.183 e. The van der Waals surface area contributed by atoms with Crippen LogP contribution in [0.25, 0.3) is 11.3 Å². The third kappa shape index (κ3) is 3.43. The van der Waals surface area contributed by atoms with Crippen molar-refractivity contribution < 1.29 is 0 Å². The van der Waals surface area contributed by atoms with Gasteiger partial charge in [-0.05, 0) is 30.7 Å². The Morgan fingerprint density at radius 3 is 2.59 bits per heavy atom. The Balaban J connectivity index is 1.79. The van der Waals surface area contributed by atoms with E-state index in [0.29, 0.717) is 10.0 Å². The lowest BCUT2D eigenvalue weighted by atomic mass is 10.1. The van der Waals surface area contributed by atoms with Crippen molar-refractivity contribution in [1.29, 1.82) is 0 Å². The van der Waals surface area contributed by atoms with E-state index >= 15 is 0 Å². The average Bonchev–Trinajstić information content (AvgIpc) is 2.96. The van der Waals surface area contributed by atoms with Gasteiger partial charge in [-0.3, -0.25) is 0 Å². The summed E-state index contributed by atoms with van der Waals surface area (Å²) in [6, 6.07) is 15.9. The summed E-state index contributed by atoms with van der Waals surface area (Å²) in [5, 5.41) is 7.52. The zero-order valence-corrected chi connectivity index (χ0v) is 14.2. The number of nitrogens with zero attached hydrogens (tertiary/aromatic N) is 1. The summed E-state index contributed by atoms with van der Waals surface area (Å²) in [6.07, 6.45) is 0. The number of aromatic nitrogens is 1. The van der Waals surface area contributed by atoms with Gasteiger partial charge >= 0.3 is 0 Å². The van der Waals surface area contributed by atoms with Crippen molar-refractivity contribution in [2.75, 3.05) is 5.32 Å². The Labute approximate surface area is 143 Å². The molecule has 5 heteroatoms. The van der Waals surface area contributed by atoms with Crippen LogP contribution in [0.3, 0.4) is 0 Å². The van der Waals surface area contributed by atoms with Crippen molar-refractivity contribution in [3.05, 3.63) is 69.5 Å². The SMILES string of the molecule is C[C@H](Nc1nc(-c2ccc(Cl)cc2Cl)cs1)c1ccccc1. The molecule has 0 saturated heterocycles. The lowest BCUT2D eigenvalue weighted by Crippen LogP contribution is -2.05. The van der Waals surface area contributed by atoms with Crippen LogP contribution < -0.4 is 5.32 Å². The van der Waals surface area contributed by atoms with E-state index in [1.54, 1.807) is 17.4 Å². The highest BCUT2D eigenvalue weighted by atomic mass is 35.5. The van der Waals surface area contributed by atoms with E-state index in [9.17, 15) is 0 Å². The van der Waals surface area contributed by atoms with Crippen LogP contribution in [0.4, 0.5) is 5.13 Å². The van der Waals surface area contributed by atoms with Crippen LogP contribution in [0.5, 0.6) is 0 Å². The number of hydrogen-bond donors (Lipinski definition) is 1. The molecule has 1 N–H and O–H groups in total. The number of hydrogen-bond acceptors (Lipinski definition) is 3. The zero-order valence-electron chi connectivity index (χ0n) is 11.9. The maximum absolute atomic E-state index is 6.23. The number of benzene rings is 2. The standard InChI is InChI=1S/C17H14Cl2N2S/c1-11(12-5-3-2-4-6-12)20-17-21-16(10-22-17)14-8-7-13(18)9-15(14)19/h2-11H,1H3,(H,20,21)/t11-/m0/s1. The minimum atomic E-state index is 0.195. The molecule has 0 aliphatic carbocycles. The number of nitrogens with one attached hydrogen (secondary N) is 1. The molecule has 1 atom stereocenters. The van der Waals surface area contributed by atoms with Crippen molar-refractivity contribution in [3.8, 4) is 11.3 Å². The fourth-order valence-corrected chi connectivity index (χ4v) is 3.48. The third-order valence-electron chi connectivity index (χ3n) is 3.35. The lowest BCUT2D eigenvalue weighted by Gasteiger charge is -2.12. The molecular weight excluding hydrogens is 335 g/mol.